The Morgan fingerprint density at radius 2 is 1.90 bits per heavy atom. The van der Waals surface area contributed by atoms with Crippen molar-refractivity contribution in [3.8, 4) is 23.1 Å². The molecular weight excluding hydrogens is 506 g/mol. The lowest BCUT2D eigenvalue weighted by atomic mass is 9.91. The number of aromatic nitrogens is 3. The normalized spacial score (nSPS) is 22.1. The standard InChI is InChI=1S/C30H37N7O3/c1-35(2)27(38)4-3-13-36-14-11-30(39,12-15-36)19-31-22-7-5-21(6-8-22)26-16-25-28(34-26)32-20-33-29(25)37-23-9-10-24(37)18-40-17-23/h5-8,16,20,23-24,31,39H,9-15,17-19H2,1-2H3,(H,32,33,34). The number of piperidine rings is 1. The third kappa shape index (κ3) is 5.50. The molecule has 0 radical (unpaired) electrons. The van der Waals surface area contributed by atoms with Crippen LogP contribution >= 0.6 is 0 Å². The van der Waals surface area contributed by atoms with Crippen LogP contribution in [0.4, 0.5) is 11.5 Å². The van der Waals surface area contributed by atoms with Crippen LogP contribution < -0.4 is 10.2 Å². The summed E-state index contributed by atoms with van der Waals surface area (Å²) in [6.07, 6.45) is 5.25. The van der Waals surface area contributed by atoms with E-state index in [1.54, 1.807) is 20.4 Å². The molecule has 5 heterocycles. The van der Waals surface area contributed by atoms with E-state index in [9.17, 15) is 9.90 Å². The molecule has 3 aliphatic rings. The fourth-order valence-corrected chi connectivity index (χ4v) is 5.94. The van der Waals surface area contributed by atoms with E-state index in [2.05, 4.69) is 60.1 Å². The highest BCUT2D eigenvalue weighted by atomic mass is 16.5. The van der Waals surface area contributed by atoms with Gasteiger partial charge >= 0.3 is 0 Å². The number of hydrogen-bond donors (Lipinski definition) is 3. The van der Waals surface area contributed by atoms with Crippen LogP contribution in [-0.4, -0.2) is 107 Å². The number of likely N-dealkylation sites (tertiary alicyclic amines) is 1. The number of benzene rings is 1. The number of carbonyl (C=O) groups excluding carboxylic acids is 1. The zero-order valence-electron chi connectivity index (χ0n) is 23.2. The van der Waals surface area contributed by atoms with Crippen molar-refractivity contribution in [3.05, 3.63) is 36.7 Å². The van der Waals surface area contributed by atoms with Crippen molar-refractivity contribution in [2.75, 3.05) is 63.7 Å². The second kappa shape index (κ2) is 11.1. The predicted octanol–water partition coefficient (Wildman–Crippen LogP) is 2.32. The first kappa shape index (κ1) is 26.6. The molecule has 3 aromatic rings. The molecule has 1 amide bonds. The summed E-state index contributed by atoms with van der Waals surface area (Å²) in [5.41, 5.74) is 3.12. The summed E-state index contributed by atoms with van der Waals surface area (Å²) in [6.45, 7) is 4.04. The molecule has 2 unspecified atom stereocenters. The maximum atomic E-state index is 11.6. The fourth-order valence-electron chi connectivity index (χ4n) is 5.94. The molecule has 2 bridgehead atoms. The van der Waals surface area contributed by atoms with Gasteiger partial charge in [0.15, 0.2) is 0 Å². The van der Waals surface area contributed by atoms with Crippen LogP contribution in [-0.2, 0) is 9.53 Å². The summed E-state index contributed by atoms with van der Waals surface area (Å²) in [4.78, 5) is 30.4. The second-order valence-corrected chi connectivity index (χ2v) is 11.4. The average Bonchev–Trinajstić information content (AvgIpc) is 3.50. The molecule has 2 aromatic heterocycles. The van der Waals surface area contributed by atoms with E-state index >= 15 is 0 Å². The molecule has 0 spiro atoms. The Labute approximate surface area is 234 Å². The summed E-state index contributed by atoms with van der Waals surface area (Å²) in [7, 11) is 3.39. The number of carbonyl (C=O) groups is 1. The summed E-state index contributed by atoms with van der Waals surface area (Å²) in [6, 6.07) is 11.2. The van der Waals surface area contributed by atoms with E-state index in [1.807, 2.05) is 12.1 Å². The van der Waals surface area contributed by atoms with E-state index in [4.69, 9.17) is 4.74 Å². The number of rotatable bonds is 6. The number of aliphatic hydroxyl groups is 1. The Hall–Kier alpha value is -3.65. The highest BCUT2D eigenvalue weighted by molar-refractivity contribution is 5.93. The van der Waals surface area contributed by atoms with Crippen molar-refractivity contribution in [1.82, 2.24) is 24.8 Å². The molecule has 3 fully saturated rings. The molecule has 10 heteroatoms. The fraction of sp³-hybridized carbons (Fsp3) is 0.500. The molecule has 6 rings (SSSR count). The van der Waals surface area contributed by atoms with Crippen molar-refractivity contribution in [1.29, 1.82) is 0 Å². The van der Waals surface area contributed by atoms with Crippen LogP contribution in [0.2, 0.25) is 0 Å². The maximum Gasteiger partial charge on any atom is 0.297 e. The smallest absolute Gasteiger partial charge is 0.297 e. The van der Waals surface area contributed by atoms with Gasteiger partial charge in [-0.25, -0.2) is 9.97 Å². The van der Waals surface area contributed by atoms with Crippen molar-refractivity contribution in [2.45, 2.75) is 43.4 Å². The molecule has 3 saturated heterocycles. The summed E-state index contributed by atoms with van der Waals surface area (Å²) < 4.78 is 5.77. The third-order valence-corrected chi connectivity index (χ3v) is 8.40. The average molecular weight is 544 g/mol. The zero-order chi connectivity index (χ0) is 27.7. The van der Waals surface area contributed by atoms with Crippen LogP contribution in [0.3, 0.4) is 0 Å². The number of nitrogens with one attached hydrogen (secondary N) is 2. The van der Waals surface area contributed by atoms with Crippen molar-refractivity contribution in [2.24, 2.45) is 0 Å². The Morgan fingerprint density at radius 3 is 2.60 bits per heavy atom. The van der Waals surface area contributed by atoms with Gasteiger partial charge in [0, 0.05) is 45.1 Å². The minimum atomic E-state index is -0.771. The van der Waals surface area contributed by atoms with Crippen LogP contribution in [0, 0.1) is 11.8 Å². The molecule has 10 nitrogen and oxygen atoms in total. The Balaban J connectivity index is 1.06. The largest absolute Gasteiger partial charge is 0.388 e. The first-order valence-corrected chi connectivity index (χ1v) is 14.1. The van der Waals surface area contributed by atoms with Crippen LogP contribution in [0.5, 0.6) is 0 Å². The van der Waals surface area contributed by atoms with Crippen LogP contribution in [0.15, 0.2) is 36.7 Å². The van der Waals surface area contributed by atoms with Gasteiger partial charge in [0.1, 0.15) is 17.8 Å². The van der Waals surface area contributed by atoms with E-state index in [0.717, 1.165) is 72.9 Å². The summed E-state index contributed by atoms with van der Waals surface area (Å²) in [5, 5.41) is 15.6. The lowest BCUT2D eigenvalue weighted by Crippen LogP contribution is -2.48. The van der Waals surface area contributed by atoms with E-state index < -0.39 is 5.60 Å². The number of fused-ring (bicyclic) bond motifs is 3. The minimum Gasteiger partial charge on any atom is -0.388 e. The van der Waals surface area contributed by atoms with E-state index in [-0.39, 0.29) is 5.91 Å². The van der Waals surface area contributed by atoms with Crippen molar-refractivity contribution < 1.29 is 14.6 Å². The molecular formula is C30H37N7O3. The minimum absolute atomic E-state index is 0.189. The van der Waals surface area contributed by atoms with Gasteiger partial charge in [0.25, 0.3) is 5.91 Å². The summed E-state index contributed by atoms with van der Waals surface area (Å²) >= 11 is 0. The van der Waals surface area contributed by atoms with Gasteiger partial charge < -0.3 is 29.9 Å². The van der Waals surface area contributed by atoms with Gasteiger partial charge in [-0.3, -0.25) is 9.69 Å². The van der Waals surface area contributed by atoms with Crippen LogP contribution in [0.1, 0.15) is 25.7 Å². The number of H-pyrrole nitrogens is 1. The number of morpholine rings is 1. The zero-order valence-corrected chi connectivity index (χ0v) is 23.2. The Morgan fingerprint density at radius 1 is 1.18 bits per heavy atom. The van der Waals surface area contributed by atoms with Gasteiger partial charge in [0.2, 0.25) is 0 Å². The predicted molar refractivity (Wildman–Crippen MR) is 155 cm³/mol. The molecule has 210 valence electrons. The molecule has 0 aliphatic carbocycles. The number of amides is 1. The monoisotopic (exact) mass is 543 g/mol. The lowest BCUT2D eigenvalue weighted by molar-refractivity contribution is -0.122. The van der Waals surface area contributed by atoms with Gasteiger partial charge in [-0.2, -0.15) is 0 Å². The maximum absolute atomic E-state index is 11.6. The second-order valence-electron chi connectivity index (χ2n) is 11.4. The molecule has 3 N–H and O–H groups in total. The quantitative estimate of drug-likeness (QED) is 0.407. The molecule has 3 aliphatic heterocycles. The number of anilines is 2. The van der Waals surface area contributed by atoms with Gasteiger partial charge in [0.05, 0.1) is 42.8 Å². The Kier molecular flexibility index (Phi) is 7.36. The topological polar surface area (TPSA) is 110 Å². The van der Waals surface area contributed by atoms with Gasteiger partial charge in [-0.15, -0.1) is 0 Å². The number of hydrogen-bond acceptors (Lipinski definition) is 8. The van der Waals surface area contributed by atoms with Crippen molar-refractivity contribution >= 4 is 28.4 Å². The van der Waals surface area contributed by atoms with Crippen LogP contribution in [0.25, 0.3) is 22.3 Å². The SMILES string of the molecule is CN(C)C(=O)C#CCN1CCC(O)(CNc2ccc(-c3cc4c(N5C6CCC5COC6)ncnc4[nH]3)cc2)CC1. The highest BCUT2D eigenvalue weighted by Gasteiger charge is 2.39. The number of ether oxygens (including phenoxy) is 1. The van der Waals surface area contributed by atoms with Crippen molar-refractivity contribution in [3.63, 3.8) is 0 Å². The van der Waals surface area contributed by atoms with Gasteiger partial charge in [-0.1, -0.05) is 18.1 Å². The molecule has 2 atom stereocenters. The van der Waals surface area contributed by atoms with Gasteiger partial charge in [-0.05, 0) is 55.4 Å². The lowest BCUT2D eigenvalue weighted by Gasteiger charge is -2.37. The highest BCUT2D eigenvalue weighted by Crippen LogP contribution is 2.37. The third-order valence-electron chi connectivity index (χ3n) is 8.40. The molecule has 1 aromatic carbocycles. The molecule has 0 saturated carbocycles. The summed E-state index contributed by atoms with van der Waals surface area (Å²) in [5.74, 6) is 6.40. The number of aromatic amines is 1. The first-order chi connectivity index (χ1) is 19.4. The number of nitrogens with zero attached hydrogens (tertiary/aromatic N) is 5. The van der Waals surface area contributed by atoms with E-state index in [0.29, 0.717) is 38.0 Å². The first-order valence-electron chi connectivity index (χ1n) is 14.1. The van der Waals surface area contributed by atoms with E-state index in [1.165, 1.54) is 4.90 Å². The molecule has 40 heavy (non-hydrogen) atoms. The Bertz CT molecular complexity index is 1400.